The molecular formula is C10H21N3O. The number of piperidine rings is 1. The van der Waals surface area contributed by atoms with Crippen LogP contribution in [0.3, 0.4) is 0 Å². The van der Waals surface area contributed by atoms with E-state index < -0.39 is 0 Å². The SMILES string of the molecule is CCCCN=C(ON)C1CCNCC1. The smallest absolute Gasteiger partial charge is 0.212 e. The van der Waals surface area contributed by atoms with Crippen LogP contribution < -0.4 is 11.2 Å². The first kappa shape index (κ1) is 11.5. The molecule has 0 bridgehead atoms. The van der Waals surface area contributed by atoms with Crippen LogP contribution in [-0.4, -0.2) is 25.5 Å². The minimum Gasteiger partial charge on any atom is -0.396 e. The molecule has 0 spiro atoms. The van der Waals surface area contributed by atoms with Crippen LogP contribution in [0.25, 0.3) is 0 Å². The monoisotopic (exact) mass is 199 g/mol. The van der Waals surface area contributed by atoms with Crippen LogP contribution in [0.15, 0.2) is 4.99 Å². The number of nitrogens with two attached hydrogens (primary N) is 1. The van der Waals surface area contributed by atoms with E-state index in [1.165, 1.54) is 0 Å². The molecule has 0 unspecified atom stereocenters. The highest BCUT2D eigenvalue weighted by Crippen LogP contribution is 2.14. The van der Waals surface area contributed by atoms with Crippen molar-refractivity contribution in [1.29, 1.82) is 0 Å². The predicted molar refractivity (Wildman–Crippen MR) is 58.1 cm³/mol. The summed E-state index contributed by atoms with van der Waals surface area (Å²) in [4.78, 5) is 9.26. The van der Waals surface area contributed by atoms with E-state index in [2.05, 4.69) is 17.2 Å². The van der Waals surface area contributed by atoms with E-state index in [0.717, 1.165) is 51.2 Å². The molecule has 1 fully saturated rings. The number of hydrogen-bond acceptors (Lipinski definition) is 4. The van der Waals surface area contributed by atoms with E-state index in [1.54, 1.807) is 0 Å². The van der Waals surface area contributed by atoms with Crippen molar-refractivity contribution in [2.45, 2.75) is 32.6 Å². The molecule has 0 atom stereocenters. The van der Waals surface area contributed by atoms with Crippen molar-refractivity contribution in [3.05, 3.63) is 0 Å². The third-order valence-electron chi connectivity index (χ3n) is 2.59. The molecule has 0 aromatic rings. The summed E-state index contributed by atoms with van der Waals surface area (Å²) < 4.78 is 0. The van der Waals surface area contributed by atoms with Crippen LogP contribution in [0.4, 0.5) is 0 Å². The average molecular weight is 199 g/mol. The normalized spacial score (nSPS) is 19.7. The maximum absolute atomic E-state index is 5.23. The van der Waals surface area contributed by atoms with E-state index in [-0.39, 0.29) is 0 Å². The van der Waals surface area contributed by atoms with Crippen LogP contribution in [-0.2, 0) is 4.84 Å². The third-order valence-corrected chi connectivity index (χ3v) is 2.59. The average Bonchev–Trinajstić information content (AvgIpc) is 2.26. The largest absolute Gasteiger partial charge is 0.396 e. The fourth-order valence-corrected chi connectivity index (χ4v) is 1.68. The Kier molecular flexibility index (Phi) is 5.56. The van der Waals surface area contributed by atoms with Gasteiger partial charge in [-0.05, 0) is 32.4 Å². The lowest BCUT2D eigenvalue weighted by Gasteiger charge is -2.22. The van der Waals surface area contributed by atoms with Crippen molar-refractivity contribution in [3.8, 4) is 0 Å². The number of nitrogens with one attached hydrogen (secondary N) is 1. The molecule has 3 N–H and O–H groups in total. The molecule has 1 aliphatic heterocycles. The Balaban J connectivity index is 2.38. The van der Waals surface area contributed by atoms with Crippen LogP contribution in [0.1, 0.15) is 32.6 Å². The second kappa shape index (κ2) is 6.79. The molecular weight excluding hydrogens is 178 g/mol. The van der Waals surface area contributed by atoms with Crippen molar-refractivity contribution in [3.63, 3.8) is 0 Å². The minimum atomic E-state index is 0.429. The molecule has 4 nitrogen and oxygen atoms in total. The fraction of sp³-hybridized carbons (Fsp3) is 0.900. The molecule has 0 aromatic heterocycles. The van der Waals surface area contributed by atoms with Gasteiger partial charge in [0.2, 0.25) is 5.90 Å². The van der Waals surface area contributed by atoms with Gasteiger partial charge in [-0.15, -0.1) is 0 Å². The van der Waals surface area contributed by atoms with Gasteiger partial charge in [-0.2, -0.15) is 5.90 Å². The first-order chi connectivity index (χ1) is 6.88. The molecule has 4 heteroatoms. The van der Waals surface area contributed by atoms with Crippen molar-refractivity contribution < 1.29 is 4.84 Å². The van der Waals surface area contributed by atoms with Gasteiger partial charge >= 0.3 is 0 Å². The van der Waals surface area contributed by atoms with E-state index in [1.807, 2.05) is 0 Å². The summed E-state index contributed by atoms with van der Waals surface area (Å²) in [5.41, 5.74) is 0. The summed E-state index contributed by atoms with van der Waals surface area (Å²) in [6, 6.07) is 0. The van der Waals surface area contributed by atoms with E-state index >= 15 is 0 Å². The van der Waals surface area contributed by atoms with Gasteiger partial charge in [-0.1, -0.05) is 13.3 Å². The molecule has 14 heavy (non-hydrogen) atoms. The highest BCUT2D eigenvalue weighted by molar-refractivity contribution is 5.78. The molecule has 0 radical (unpaired) electrons. The lowest BCUT2D eigenvalue weighted by molar-refractivity contribution is 0.275. The summed E-state index contributed by atoms with van der Waals surface area (Å²) in [5.74, 6) is 6.41. The molecule has 0 aliphatic carbocycles. The Labute approximate surface area is 85.9 Å². The Morgan fingerprint density at radius 2 is 2.21 bits per heavy atom. The van der Waals surface area contributed by atoms with Crippen LogP contribution in [0.5, 0.6) is 0 Å². The lowest BCUT2D eigenvalue weighted by atomic mass is 9.98. The second-order valence-electron chi connectivity index (χ2n) is 3.72. The molecule has 82 valence electrons. The standard InChI is InChI=1S/C10H21N3O/c1-2-3-6-13-10(14-11)9-4-7-12-8-5-9/h9,12H,2-8,11H2,1H3. The molecule has 0 amide bonds. The number of unbranched alkanes of at least 4 members (excludes halogenated alkanes) is 1. The van der Waals surface area contributed by atoms with Crippen LogP contribution >= 0.6 is 0 Å². The van der Waals surface area contributed by atoms with Gasteiger partial charge in [0.05, 0.1) is 0 Å². The minimum absolute atomic E-state index is 0.429. The van der Waals surface area contributed by atoms with E-state index in [9.17, 15) is 0 Å². The van der Waals surface area contributed by atoms with Crippen LogP contribution in [0, 0.1) is 5.92 Å². The van der Waals surface area contributed by atoms with E-state index in [0.29, 0.717) is 5.92 Å². The molecule has 1 heterocycles. The van der Waals surface area contributed by atoms with Gasteiger partial charge in [0.25, 0.3) is 0 Å². The summed E-state index contributed by atoms with van der Waals surface area (Å²) >= 11 is 0. The van der Waals surface area contributed by atoms with Gasteiger partial charge in [0.15, 0.2) is 0 Å². The van der Waals surface area contributed by atoms with Gasteiger partial charge in [0, 0.05) is 12.5 Å². The Hall–Kier alpha value is -0.610. The van der Waals surface area contributed by atoms with Crippen molar-refractivity contribution in [1.82, 2.24) is 5.32 Å². The van der Waals surface area contributed by atoms with Crippen LogP contribution in [0.2, 0.25) is 0 Å². The zero-order chi connectivity index (χ0) is 10.2. The topological polar surface area (TPSA) is 59.6 Å². The first-order valence-electron chi connectivity index (χ1n) is 5.50. The third kappa shape index (κ3) is 3.64. The van der Waals surface area contributed by atoms with Crippen molar-refractivity contribution >= 4 is 5.90 Å². The quantitative estimate of drug-likeness (QED) is 0.308. The van der Waals surface area contributed by atoms with Crippen molar-refractivity contribution in [2.24, 2.45) is 16.8 Å². The molecule has 1 aliphatic rings. The molecule has 0 saturated carbocycles. The Morgan fingerprint density at radius 1 is 1.50 bits per heavy atom. The maximum atomic E-state index is 5.23. The van der Waals surface area contributed by atoms with E-state index in [4.69, 9.17) is 10.7 Å². The summed E-state index contributed by atoms with van der Waals surface area (Å²) in [6.07, 6.45) is 4.44. The summed E-state index contributed by atoms with van der Waals surface area (Å²) in [6.45, 7) is 5.08. The predicted octanol–water partition coefficient (Wildman–Crippen LogP) is 1.07. The van der Waals surface area contributed by atoms with Gasteiger partial charge in [-0.25, -0.2) is 0 Å². The summed E-state index contributed by atoms with van der Waals surface area (Å²) in [7, 11) is 0. The molecule has 0 aromatic carbocycles. The lowest BCUT2D eigenvalue weighted by Crippen LogP contribution is -2.34. The first-order valence-corrected chi connectivity index (χ1v) is 5.50. The maximum Gasteiger partial charge on any atom is 0.212 e. The zero-order valence-corrected chi connectivity index (χ0v) is 8.96. The van der Waals surface area contributed by atoms with Crippen molar-refractivity contribution in [2.75, 3.05) is 19.6 Å². The van der Waals surface area contributed by atoms with Gasteiger partial charge in [-0.3, -0.25) is 4.99 Å². The Morgan fingerprint density at radius 3 is 2.79 bits per heavy atom. The number of hydrogen-bond donors (Lipinski definition) is 2. The van der Waals surface area contributed by atoms with Gasteiger partial charge in [0.1, 0.15) is 0 Å². The fourth-order valence-electron chi connectivity index (χ4n) is 1.68. The zero-order valence-electron chi connectivity index (χ0n) is 8.96. The second-order valence-corrected chi connectivity index (χ2v) is 3.72. The highest BCUT2D eigenvalue weighted by atomic mass is 16.6. The molecule has 1 saturated heterocycles. The molecule has 1 rings (SSSR count). The number of aliphatic imine (C=N–C) groups is 1. The summed E-state index contributed by atoms with van der Waals surface area (Å²) in [5, 5.41) is 3.31. The number of rotatable bonds is 4. The number of nitrogens with zero attached hydrogens (tertiary/aromatic N) is 1. The highest BCUT2D eigenvalue weighted by Gasteiger charge is 2.19. The van der Waals surface area contributed by atoms with Gasteiger partial charge < -0.3 is 10.2 Å². The Bertz CT molecular complexity index is 176.